The van der Waals surface area contributed by atoms with Gasteiger partial charge in [-0.3, -0.25) is 10.1 Å². The number of nitrogens with one attached hydrogen (secondary N) is 2. The van der Waals surface area contributed by atoms with Gasteiger partial charge >= 0.3 is 6.03 Å². The summed E-state index contributed by atoms with van der Waals surface area (Å²) < 4.78 is 5.03. The Morgan fingerprint density at radius 2 is 2.20 bits per heavy atom. The molecule has 0 spiro atoms. The molecule has 8 nitrogen and oxygen atoms in total. The quantitative estimate of drug-likeness (QED) is 0.376. The van der Waals surface area contributed by atoms with Crippen LogP contribution in [0.3, 0.4) is 0 Å². The largest absolute Gasteiger partial charge is 0.394 e. The fraction of sp³-hybridized carbons (Fsp3) is 0.417. The topological polar surface area (TPSA) is 114 Å². The number of nitro benzene ring substituents is 1. The normalized spacial score (nSPS) is 10.1. The molecule has 0 saturated carbocycles. The Labute approximate surface area is 115 Å². The second kappa shape index (κ2) is 8.83. The number of hydrogen-bond acceptors (Lipinski definition) is 5. The summed E-state index contributed by atoms with van der Waals surface area (Å²) >= 11 is 0. The van der Waals surface area contributed by atoms with Crippen LogP contribution in [0, 0.1) is 10.1 Å². The third-order valence-corrected chi connectivity index (χ3v) is 2.30. The predicted octanol–water partition coefficient (Wildman–Crippen LogP) is 1.12. The molecule has 0 unspecified atom stereocenters. The minimum absolute atomic E-state index is 0.0271. The molecule has 3 N–H and O–H groups in total. The lowest BCUT2D eigenvalue weighted by Gasteiger charge is -2.07. The average Bonchev–Trinajstić information content (AvgIpc) is 2.43. The molecule has 0 heterocycles. The van der Waals surface area contributed by atoms with Gasteiger partial charge in [0, 0.05) is 31.0 Å². The van der Waals surface area contributed by atoms with Crippen LogP contribution in [-0.2, 0) is 4.74 Å². The number of aliphatic hydroxyl groups excluding tert-OH is 1. The Hall–Kier alpha value is -2.19. The van der Waals surface area contributed by atoms with Crippen molar-refractivity contribution in [3.8, 4) is 0 Å². The summed E-state index contributed by atoms with van der Waals surface area (Å²) in [6.45, 7) is 1.10. The first-order valence-electron chi connectivity index (χ1n) is 6.11. The van der Waals surface area contributed by atoms with E-state index in [1.807, 2.05) is 0 Å². The molecule has 0 radical (unpaired) electrons. The van der Waals surface area contributed by atoms with Gasteiger partial charge < -0.3 is 20.5 Å². The van der Waals surface area contributed by atoms with Gasteiger partial charge in [0.2, 0.25) is 0 Å². The molecule has 20 heavy (non-hydrogen) atoms. The Kier molecular flexibility index (Phi) is 7.01. The molecule has 0 aliphatic heterocycles. The smallest absolute Gasteiger partial charge is 0.319 e. The number of amides is 2. The van der Waals surface area contributed by atoms with Crippen molar-refractivity contribution >= 4 is 17.4 Å². The number of anilines is 1. The van der Waals surface area contributed by atoms with E-state index in [9.17, 15) is 14.9 Å². The Morgan fingerprint density at radius 1 is 1.40 bits per heavy atom. The van der Waals surface area contributed by atoms with Crippen molar-refractivity contribution < 1.29 is 19.6 Å². The van der Waals surface area contributed by atoms with Crippen LogP contribution in [0.25, 0.3) is 0 Å². The fourth-order valence-corrected chi connectivity index (χ4v) is 1.42. The van der Waals surface area contributed by atoms with E-state index in [1.165, 1.54) is 18.2 Å². The lowest BCUT2D eigenvalue weighted by Crippen LogP contribution is -2.30. The zero-order valence-corrected chi connectivity index (χ0v) is 10.9. The third kappa shape index (κ3) is 6.12. The van der Waals surface area contributed by atoms with Crippen molar-refractivity contribution in [2.75, 3.05) is 31.7 Å². The van der Waals surface area contributed by atoms with Crippen molar-refractivity contribution in [2.24, 2.45) is 0 Å². The molecule has 0 aliphatic rings. The SMILES string of the molecule is O=C(NCCCOCCO)Nc1cccc([N+](=O)[O-])c1. The highest BCUT2D eigenvalue weighted by atomic mass is 16.6. The number of nitro groups is 1. The third-order valence-electron chi connectivity index (χ3n) is 2.30. The molecule has 0 fully saturated rings. The lowest BCUT2D eigenvalue weighted by molar-refractivity contribution is -0.384. The van der Waals surface area contributed by atoms with Crippen LogP contribution in [0.4, 0.5) is 16.2 Å². The number of hydrogen-bond donors (Lipinski definition) is 3. The highest BCUT2D eigenvalue weighted by molar-refractivity contribution is 5.89. The highest BCUT2D eigenvalue weighted by Crippen LogP contribution is 2.16. The molecule has 1 rings (SSSR count). The summed E-state index contributed by atoms with van der Waals surface area (Å²) in [5, 5.41) is 24.2. The minimum atomic E-state index is -0.526. The number of non-ortho nitro benzene ring substituents is 1. The number of rotatable bonds is 8. The molecule has 2 amide bonds. The minimum Gasteiger partial charge on any atom is -0.394 e. The molecule has 1 aromatic rings. The van der Waals surface area contributed by atoms with Gasteiger partial charge in [-0.05, 0) is 12.5 Å². The van der Waals surface area contributed by atoms with Crippen molar-refractivity contribution in [2.45, 2.75) is 6.42 Å². The summed E-state index contributed by atoms with van der Waals surface area (Å²) in [5.74, 6) is 0. The van der Waals surface area contributed by atoms with Crippen molar-refractivity contribution in [3.63, 3.8) is 0 Å². The first-order chi connectivity index (χ1) is 9.63. The highest BCUT2D eigenvalue weighted by Gasteiger charge is 2.07. The number of aliphatic hydroxyl groups is 1. The van der Waals surface area contributed by atoms with E-state index >= 15 is 0 Å². The molecular formula is C12H17N3O5. The molecule has 1 aromatic carbocycles. The maximum absolute atomic E-state index is 11.5. The van der Waals surface area contributed by atoms with Crippen LogP contribution in [0.15, 0.2) is 24.3 Å². The van der Waals surface area contributed by atoms with Gasteiger partial charge in [0.1, 0.15) is 0 Å². The monoisotopic (exact) mass is 283 g/mol. The molecule has 0 aliphatic carbocycles. The molecule has 0 atom stereocenters. The summed E-state index contributed by atoms with van der Waals surface area (Å²) in [6.07, 6.45) is 0.613. The van der Waals surface area contributed by atoms with Crippen LogP contribution >= 0.6 is 0 Å². The Balaban J connectivity index is 2.28. The first kappa shape index (κ1) is 15.9. The van der Waals surface area contributed by atoms with E-state index in [0.717, 1.165) is 0 Å². The summed E-state index contributed by atoms with van der Waals surface area (Å²) in [6, 6.07) is 5.26. The molecule has 8 heteroatoms. The number of carbonyl (C=O) groups is 1. The van der Waals surface area contributed by atoms with Crippen LogP contribution in [0.2, 0.25) is 0 Å². The number of urea groups is 1. The van der Waals surface area contributed by atoms with Gasteiger partial charge in [0.15, 0.2) is 0 Å². The maximum atomic E-state index is 11.5. The fourth-order valence-electron chi connectivity index (χ4n) is 1.42. The first-order valence-corrected chi connectivity index (χ1v) is 6.11. The summed E-state index contributed by atoms with van der Waals surface area (Å²) in [7, 11) is 0. The lowest BCUT2D eigenvalue weighted by atomic mass is 10.3. The van der Waals surface area contributed by atoms with Crippen LogP contribution in [0.5, 0.6) is 0 Å². The molecule has 0 aromatic heterocycles. The molecule has 110 valence electrons. The van der Waals surface area contributed by atoms with E-state index in [0.29, 0.717) is 25.3 Å². The maximum Gasteiger partial charge on any atom is 0.319 e. The molecule has 0 saturated heterocycles. The van der Waals surface area contributed by atoms with E-state index in [-0.39, 0.29) is 18.9 Å². The zero-order valence-electron chi connectivity index (χ0n) is 10.9. The van der Waals surface area contributed by atoms with Crippen LogP contribution in [0.1, 0.15) is 6.42 Å². The second-order valence-corrected chi connectivity index (χ2v) is 3.88. The van der Waals surface area contributed by atoms with Crippen molar-refractivity contribution in [1.29, 1.82) is 0 Å². The van der Waals surface area contributed by atoms with Crippen LogP contribution in [-0.4, -0.2) is 42.4 Å². The van der Waals surface area contributed by atoms with Crippen molar-refractivity contribution in [3.05, 3.63) is 34.4 Å². The zero-order chi connectivity index (χ0) is 14.8. The van der Waals surface area contributed by atoms with Gasteiger partial charge in [0.05, 0.1) is 18.1 Å². The van der Waals surface area contributed by atoms with Gasteiger partial charge in [-0.25, -0.2) is 4.79 Å². The number of carbonyl (C=O) groups excluding carboxylic acids is 1. The Morgan fingerprint density at radius 3 is 2.90 bits per heavy atom. The van der Waals surface area contributed by atoms with E-state index in [4.69, 9.17) is 9.84 Å². The predicted molar refractivity (Wildman–Crippen MR) is 72.6 cm³/mol. The van der Waals surface area contributed by atoms with Gasteiger partial charge in [-0.1, -0.05) is 6.07 Å². The van der Waals surface area contributed by atoms with Crippen LogP contribution < -0.4 is 10.6 Å². The van der Waals surface area contributed by atoms with Gasteiger partial charge in [-0.15, -0.1) is 0 Å². The number of benzene rings is 1. The van der Waals surface area contributed by atoms with E-state index < -0.39 is 11.0 Å². The molecule has 0 bridgehead atoms. The number of ether oxygens (including phenoxy) is 1. The van der Waals surface area contributed by atoms with Gasteiger partial charge in [-0.2, -0.15) is 0 Å². The van der Waals surface area contributed by atoms with E-state index in [2.05, 4.69) is 10.6 Å². The van der Waals surface area contributed by atoms with Crippen molar-refractivity contribution in [1.82, 2.24) is 5.32 Å². The van der Waals surface area contributed by atoms with E-state index in [1.54, 1.807) is 6.07 Å². The Bertz CT molecular complexity index is 452. The number of nitrogens with zero attached hydrogens (tertiary/aromatic N) is 1. The molecular weight excluding hydrogens is 266 g/mol. The second-order valence-electron chi connectivity index (χ2n) is 3.88. The summed E-state index contributed by atoms with van der Waals surface area (Å²) in [4.78, 5) is 21.6. The average molecular weight is 283 g/mol. The summed E-state index contributed by atoms with van der Waals surface area (Å²) in [5.41, 5.74) is 0.272. The standard InChI is InChI=1S/C12H17N3O5/c16-6-8-20-7-2-5-13-12(17)14-10-3-1-4-11(9-10)15(18)19/h1,3-4,9,16H,2,5-8H2,(H2,13,14,17). The van der Waals surface area contributed by atoms with Gasteiger partial charge in [0.25, 0.3) is 5.69 Å².